The minimum atomic E-state index is -0.146. The molecule has 0 bridgehead atoms. The molecule has 0 spiro atoms. The molecule has 74 valence electrons. The van der Waals surface area contributed by atoms with Crippen LogP contribution >= 0.6 is 0 Å². The maximum absolute atomic E-state index is 10.7. The fourth-order valence-electron chi connectivity index (χ4n) is 0.998. The van der Waals surface area contributed by atoms with E-state index in [4.69, 9.17) is 5.39 Å². The summed E-state index contributed by atoms with van der Waals surface area (Å²) in [7, 11) is 0. The molecule has 0 aliphatic heterocycles. The van der Waals surface area contributed by atoms with Crippen molar-refractivity contribution in [2.75, 3.05) is 5.32 Å². The van der Waals surface area contributed by atoms with Crippen LogP contribution in [-0.4, -0.2) is 5.91 Å². The molecule has 0 atom stereocenters. The second-order valence-corrected chi connectivity index (χ2v) is 2.78. The average molecular weight is 212 g/mol. The Morgan fingerprint density at radius 3 is 2.64 bits per heavy atom. The molecule has 5 heteroatoms. The van der Waals surface area contributed by atoms with Gasteiger partial charge in [0.25, 0.3) is 0 Å². The van der Waals surface area contributed by atoms with Gasteiger partial charge in [-0.25, -0.2) is 0 Å². The van der Waals surface area contributed by atoms with Crippen LogP contribution in [0.2, 0.25) is 0 Å². The van der Waals surface area contributed by atoms with Gasteiger partial charge in [-0.2, -0.15) is 0 Å². The van der Waals surface area contributed by atoms with Gasteiger partial charge in [0.1, 0.15) is 0 Å². The molecule has 0 fully saturated rings. The van der Waals surface area contributed by atoms with Crippen LogP contribution in [0.15, 0.2) is 18.2 Å². The van der Waals surface area contributed by atoms with E-state index >= 15 is 0 Å². The third-order valence-electron chi connectivity index (χ3n) is 1.64. The van der Waals surface area contributed by atoms with Crippen molar-refractivity contribution in [1.82, 2.24) is 0 Å². The van der Waals surface area contributed by atoms with Gasteiger partial charge < -0.3 is 17.7 Å². The monoisotopic (exact) mass is 211 g/mol. The van der Waals surface area contributed by atoms with Crippen LogP contribution in [0.25, 0.3) is 4.98 Å². The summed E-state index contributed by atoms with van der Waals surface area (Å²) in [5.74, 6) is -0.146. The number of hydrogen-bond acceptors (Lipinski definition) is 2. The number of aryl methyl sites for hydroxylation is 1. The zero-order valence-corrected chi connectivity index (χ0v) is 8.67. The van der Waals surface area contributed by atoms with Crippen molar-refractivity contribution in [3.8, 4) is 0 Å². The summed E-state index contributed by atoms with van der Waals surface area (Å²) in [5, 5.41) is 11.2. The number of carbonyl (C=O) groups is 1. The minimum absolute atomic E-state index is 0. The molecular weight excluding hydrogens is 202 g/mol. The summed E-state index contributed by atoms with van der Waals surface area (Å²) >= 11 is 0. The number of carbonyl (C=O) groups excluding carboxylic acids is 1. The van der Waals surface area contributed by atoms with Crippen LogP contribution < -0.4 is 17.7 Å². The summed E-state index contributed by atoms with van der Waals surface area (Å²) in [4.78, 5) is 13.8. The summed E-state index contributed by atoms with van der Waals surface area (Å²) in [6, 6.07) is 5.14. The molecule has 0 saturated heterocycles. The Bertz CT molecular complexity index is 384. The Hall–Kier alpha value is -1.60. The zero-order chi connectivity index (χ0) is 9.84. The van der Waals surface area contributed by atoms with E-state index in [0.717, 1.165) is 5.56 Å². The van der Waals surface area contributed by atoms with E-state index in [0.29, 0.717) is 11.4 Å². The highest BCUT2D eigenvalue weighted by atomic mass is 35.5. The first-order valence-corrected chi connectivity index (χ1v) is 3.87. The Morgan fingerprint density at radius 1 is 1.50 bits per heavy atom. The van der Waals surface area contributed by atoms with Gasteiger partial charge in [-0.15, -0.1) is 0 Å². The van der Waals surface area contributed by atoms with Crippen LogP contribution in [0.3, 0.4) is 0 Å². The molecule has 1 aromatic carbocycles. The summed E-state index contributed by atoms with van der Waals surface area (Å²) < 4.78 is 0. The van der Waals surface area contributed by atoms with E-state index in [1.54, 1.807) is 18.2 Å². The van der Waals surface area contributed by atoms with Crippen molar-refractivity contribution in [3.63, 3.8) is 0 Å². The van der Waals surface area contributed by atoms with E-state index in [-0.39, 0.29) is 18.3 Å². The topological polar surface area (TPSA) is 57.2 Å². The fraction of sp³-hybridized carbons (Fsp3) is 0.222. The van der Waals surface area contributed by atoms with Crippen molar-refractivity contribution in [2.45, 2.75) is 13.8 Å². The highest BCUT2D eigenvalue weighted by molar-refractivity contribution is 5.89. The molecule has 4 nitrogen and oxygen atoms in total. The lowest BCUT2D eigenvalue weighted by atomic mass is 10.2. The lowest BCUT2D eigenvalue weighted by molar-refractivity contribution is -0.114. The Kier molecular flexibility index (Phi) is 4.60. The summed E-state index contributed by atoms with van der Waals surface area (Å²) in [6.45, 7) is 3.25. The van der Waals surface area contributed by atoms with E-state index < -0.39 is 0 Å². The second kappa shape index (κ2) is 5.20. The third kappa shape index (κ3) is 3.04. The van der Waals surface area contributed by atoms with Gasteiger partial charge in [0.2, 0.25) is 11.3 Å². The van der Waals surface area contributed by atoms with Gasteiger partial charge in [0.15, 0.2) is 4.98 Å². The maximum atomic E-state index is 10.7. The van der Waals surface area contributed by atoms with Crippen molar-refractivity contribution in [1.29, 1.82) is 5.39 Å². The SMILES string of the molecule is CC(=O)Nc1ccc(C)c([N+]#N)c1.[Cl-]. The summed E-state index contributed by atoms with van der Waals surface area (Å²) in [6.07, 6.45) is 0. The van der Waals surface area contributed by atoms with Gasteiger partial charge in [0.05, 0.1) is 6.07 Å². The van der Waals surface area contributed by atoms with Crippen LogP contribution in [0.5, 0.6) is 0 Å². The van der Waals surface area contributed by atoms with Crippen LogP contribution in [0.4, 0.5) is 11.4 Å². The highest BCUT2D eigenvalue weighted by Gasteiger charge is 2.10. The molecule has 0 aliphatic carbocycles. The second-order valence-electron chi connectivity index (χ2n) is 2.78. The normalized spacial score (nSPS) is 8.36. The zero-order valence-electron chi connectivity index (χ0n) is 7.91. The largest absolute Gasteiger partial charge is 1.00 e. The Morgan fingerprint density at radius 2 is 2.14 bits per heavy atom. The van der Waals surface area contributed by atoms with Gasteiger partial charge in [0, 0.05) is 18.2 Å². The van der Waals surface area contributed by atoms with Crippen LogP contribution in [0.1, 0.15) is 12.5 Å². The van der Waals surface area contributed by atoms with Gasteiger partial charge in [-0.05, 0) is 19.1 Å². The number of nitrogens with zero attached hydrogens (tertiary/aromatic N) is 2. The molecule has 1 aromatic rings. The smallest absolute Gasteiger partial charge is 0.389 e. The number of nitrogens with one attached hydrogen (secondary N) is 1. The first-order chi connectivity index (χ1) is 6.13. The van der Waals surface area contributed by atoms with Crippen molar-refractivity contribution in [2.24, 2.45) is 0 Å². The Labute approximate surface area is 88.4 Å². The first-order valence-electron chi connectivity index (χ1n) is 3.87. The van der Waals surface area contributed by atoms with Crippen molar-refractivity contribution < 1.29 is 17.2 Å². The van der Waals surface area contributed by atoms with Crippen molar-refractivity contribution in [3.05, 3.63) is 28.7 Å². The van der Waals surface area contributed by atoms with Gasteiger partial charge in [-0.1, -0.05) is 0 Å². The predicted molar refractivity (Wildman–Crippen MR) is 50.2 cm³/mol. The molecule has 14 heavy (non-hydrogen) atoms. The molecule has 0 aromatic heterocycles. The number of anilines is 1. The van der Waals surface area contributed by atoms with Gasteiger partial charge >= 0.3 is 5.69 Å². The summed E-state index contributed by atoms with van der Waals surface area (Å²) in [5.41, 5.74) is 1.95. The lowest BCUT2D eigenvalue weighted by Crippen LogP contribution is -3.00. The van der Waals surface area contributed by atoms with E-state index in [2.05, 4.69) is 10.3 Å². The number of halogens is 1. The molecule has 0 heterocycles. The molecule has 1 N–H and O–H groups in total. The third-order valence-corrected chi connectivity index (χ3v) is 1.64. The first kappa shape index (κ1) is 12.4. The number of hydrogen-bond donors (Lipinski definition) is 1. The Balaban J connectivity index is 0.00000169. The highest BCUT2D eigenvalue weighted by Crippen LogP contribution is 2.22. The standard InChI is InChI=1S/C9H9N3O.ClH/c1-6-3-4-8(11-7(2)13)5-9(6)12-10;/h3-5H,1-2H3;1H. The molecular formula is C9H10ClN3O. The lowest BCUT2D eigenvalue weighted by Gasteiger charge is -1.99. The predicted octanol–water partition coefficient (Wildman–Crippen LogP) is -0.558. The number of amides is 1. The molecule has 0 radical (unpaired) electrons. The maximum Gasteiger partial charge on any atom is 0.389 e. The van der Waals surface area contributed by atoms with Crippen molar-refractivity contribution >= 4 is 17.3 Å². The molecule has 1 amide bonds. The van der Waals surface area contributed by atoms with Crippen LogP contribution in [-0.2, 0) is 4.79 Å². The molecule has 0 saturated carbocycles. The van der Waals surface area contributed by atoms with E-state index in [9.17, 15) is 4.79 Å². The van der Waals surface area contributed by atoms with Crippen LogP contribution in [0, 0.1) is 12.3 Å². The number of diazo groups is 1. The average Bonchev–Trinajstić information content (AvgIpc) is 2.07. The molecule has 0 aliphatic rings. The fourth-order valence-corrected chi connectivity index (χ4v) is 0.998. The number of rotatable bonds is 1. The van der Waals surface area contributed by atoms with Gasteiger partial charge in [-0.3, -0.25) is 4.79 Å². The molecule has 0 unspecified atom stereocenters. The van der Waals surface area contributed by atoms with E-state index in [1.165, 1.54) is 6.92 Å². The molecule has 1 rings (SSSR count). The number of benzene rings is 1. The van der Waals surface area contributed by atoms with E-state index in [1.807, 2.05) is 6.92 Å². The quantitative estimate of drug-likeness (QED) is 0.634. The minimum Gasteiger partial charge on any atom is -1.00 e.